The molecule has 7 heteroatoms. The molecule has 4 atom stereocenters. The van der Waals surface area contributed by atoms with Crippen molar-refractivity contribution in [3.63, 3.8) is 0 Å². The number of allylic oxidation sites excluding steroid dienone is 2. The Morgan fingerprint density at radius 1 is 1.00 bits per heavy atom. The molecule has 4 rings (SSSR count). The minimum absolute atomic E-state index is 0.0504. The van der Waals surface area contributed by atoms with Gasteiger partial charge in [0.05, 0.1) is 36.2 Å². The predicted octanol–water partition coefficient (Wildman–Crippen LogP) is 2.95. The van der Waals surface area contributed by atoms with Gasteiger partial charge in [0.2, 0.25) is 11.8 Å². The largest absolute Gasteiger partial charge is 0.462 e. The summed E-state index contributed by atoms with van der Waals surface area (Å²) in [6, 6.07) is 12.1. The van der Waals surface area contributed by atoms with Crippen molar-refractivity contribution < 1.29 is 19.1 Å². The second-order valence-corrected chi connectivity index (χ2v) is 7.83. The molecule has 2 bridgehead atoms. The highest BCUT2D eigenvalue weighted by Crippen LogP contribution is 2.48. The van der Waals surface area contributed by atoms with E-state index in [1.54, 1.807) is 37.4 Å². The van der Waals surface area contributed by atoms with E-state index >= 15 is 0 Å². The summed E-state index contributed by atoms with van der Waals surface area (Å²) in [6.45, 7) is 2.39. The van der Waals surface area contributed by atoms with Gasteiger partial charge in [-0.1, -0.05) is 18.2 Å². The van der Waals surface area contributed by atoms with Crippen LogP contribution in [0, 0.1) is 23.7 Å². The molecule has 0 spiro atoms. The number of aromatic nitrogens is 1. The number of anilines is 1. The van der Waals surface area contributed by atoms with Crippen LogP contribution in [0.3, 0.4) is 0 Å². The topological polar surface area (TPSA) is 97.4 Å². The smallest absolute Gasteiger partial charge is 0.338 e. The Bertz CT molecular complexity index is 988. The molecular formula is C24H25N3O4. The minimum Gasteiger partial charge on any atom is -0.462 e. The number of pyridine rings is 1. The fourth-order valence-corrected chi connectivity index (χ4v) is 4.47. The lowest BCUT2D eigenvalue weighted by Crippen LogP contribution is -2.41. The second kappa shape index (κ2) is 9.12. The van der Waals surface area contributed by atoms with Crippen molar-refractivity contribution in [3.05, 3.63) is 72.1 Å². The number of rotatable bonds is 7. The molecule has 2 N–H and O–H groups in total. The van der Waals surface area contributed by atoms with E-state index in [1.165, 1.54) is 0 Å². The van der Waals surface area contributed by atoms with Crippen LogP contribution in [0.5, 0.6) is 0 Å². The van der Waals surface area contributed by atoms with E-state index in [0.29, 0.717) is 24.4 Å². The van der Waals surface area contributed by atoms with E-state index in [0.717, 1.165) is 12.1 Å². The molecule has 0 radical (unpaired) electrons. The predicted molar refractivity (Wildman–Crippen MR) is 115 cm³/mol. The van der Waals surface area contributed by atoms with E-state index in [9.17, 15) is 14.4 Å². The number of ether oxygens (including phenoxy) is 1. The molecule has 7 nitrogen and oxygen atoms in total. The first-order valence-corrected chi connectivity index (χ1v) is 10.5. The van der Waals surface area contributed by atoms with Crippen LogP contribution < -0.4 is 10.6 Å². The zero-order valence-electron chi connectivity index (χ0n) is 17.3. The van der Waals surface area contributed by atoms with Crippen molar-refractivity contribution in [2.75, 3.05) is 11.9 Å². The number of nitrogens with one attached hydrogen (secondary N) is 2. The fraction of sp³-hybridized carbons (Fsp3) is 0.333. The number of nitrogens with zero attached hydrogens (tertiary/aromatic N) is 1. The third-order valence-electron chi connectivity index (χ3n) is 5.90. The van der Waals surface area contributed by atoms with Gasteiger partial charge >= 0.3 is 5.97 Å². The quantitative estimate of drug-likeness (QED) is 0.531. The summed E-state index contributed by atoms with van der Waals surface area (Å²) in [7, 11) is 0. The van der Waals surface area contributed by atoms with Crippen molar-refractivity contribution in [1.82, 2.24) is 10.3 Å². The second-order valence-electron chi connectivity index (χ2n) is 7.83. The Balaban J connectivity index is 1.42. The summed E-state index contributed by atoms with van der Waals surface area (Å²) in [5.74, 6) is -1.42. The summed E-state index contributed by atoms with van der Waals surface area (Å²) >= 11 is 0. The van der Waals surface area contributed by atoms with Gasteiger partial charge in [0.15, 0.2) is 0 Å². The number of carbonyl (C=O) groups is 3. The molecule has 4 unspecified atom stereocenters. The lowest BCUT2D eigenvalue weighted by molar-refractivity contribution is -0.133. The summed E-state index contributed by atoms with van der Waals surface area (Å²) in [4.78, 5) is 42.1. The lowest BCUT2D eigenvalue weighted by atomic mass is 9.81. The Kier molecular flexibility index (Phi) is 6.11. The Morgan fingerprint density at radius 2 is 1.71 bits per heavy atom. The molecule has 2 aliphatic carbocycles. The normalized spacial score (nSPS) is 23.4. The van der Waals surface area contributed by atoms with Crippen LogP contribution in [0.25, 0.3) is 0 Å². The third-order valence-corrected chi connectivity index (χ3v) is 5.90. The SMILES string of the molecule is CCOC(=O)c1ccc(NC(=O)C2C3C=CC(C3)C2C(=O)NCc2ccccn2)cc1. The molecule has 2 aliphatic rings. The Hall–Kier alpha value is -3.48. The average molecular weight is 419 g/mol. The fourth-order valence-electron chi connectivity index (χ4n) is 4.47. The highest BCUT2D eigenvalue weighted by Gasteiger charge is 2.51. The van der Waals surface area contributed by atoms with Crippen molar-refractivity contribution in [3.8, 4) is 0 Å². The maximum absolute atomic E-state index is 13.1. The van der Waals surface area contributed by atoms with Crippen molar-refractivity contribution in [2.24, 2.45) is 23.7 Å². The van der Waals surface area contributed by atoms with Crippen LogP contribution in [0.2, 0.25) is 0 Å². The van der Waals surface area contributed by atoms with Gasteiger partial charge in [0.25, 0.3) is 0 Å². The number of hydrogen-bond acceptors (Lipinski definition) is 5. The summed E-state index contributed by atoms with van der Waals surface area (Å²) in [5, 5.41) is 5.85. The maximum Gasteiger partial charge on any atom is 0.338 e. The van der Waals surface area contributed by atoms with Crippen LogP contribution in [0.15, 0.2) is 60.8 Å². The molecule has 2 amide bonds. The van der Waals surface area contributed by atoms with Crippen LogP contribution in [0.1, 0.15) is 29.4 Å². The molecule has 0 aliphatic heterocycles. The summed E-state index contributed by atoms with van der Waals surface area (Å²) < 4.78 is 4.98. The van der Waals surface area contributed by atoms with E-state index in [2.05, 4.69) is 15.6 Å². The van der Waals surface area contributed by atoms with Crippen LogP contribution in [0.4, 0.5) is 5.69 Å². The third kappa shape index (κ3) is 4.50. The number of amides is 2. The maximum atomic E-state index is 13.1. The summed E-state index contributed by atoms with van der Waals surface area (Å²) in [6.07, 6.45) is 6.58. The number of fused-ring (bicyclic) bond motifs is 2. The molecular weight excluding hydrogens is 394 g/mol. The molecule has 1 aromatic carbocycles. The minimum atomic E-state index is -0.427. The number of carbonyl (C=O) groups excluding carboxylic acids is 3. The highest BCUT2D eigenvalue weighted by molar-refractivity contribution is 5.98. The molecule has 2 aromatic rings. The van der Waals surface area contributed by atoms with Gasteiger partial charge in [-0.15, -0.1) is 0 Å². The van der Waals surface area contributed by atoms with Gasteiger partial charge in [-0.05, 0) is 61.6 Å². The van der Waals surface area contributed by atoms with Gasteiger partial charge in [0.1, 0.15) is 0 Å². The van der Waals surface area contributed by atoms with Gasteiger partial charge < -0.3 is 15.4 Å². The molecule has 0 saturated heterocycles. The van der Waals surface area contributed by atoms with Gasteiger partial charge in [-0.2, -0.15) is 0 Å². The van der Waals surface area contributed by atoms with Gasteiger partial charge in [-0.25, -0.2) is 4.79 Å². The van der Waals surface area contributed by atoms with E-state index in [1.807, 2.05) is 30.4 Å². The Labute approximate surface area is 180 Å². The number of hydrogen-bond donors (Lipinski definition) is 2. The van der Waals surface area contributed by atoms with E-state index in [-0.39, 0.29) is 23.7 Å². The van der Waals surface area contributed by atoms with Crippen molar-refractivity contribution in [2.45, 2.75) is 19.9 Å². The first-order valence-electron chi connectivity index (χ1n) is 10.5. The number of benzene rings is 1. The molecule has 160 valence electrons. The molecule has 1 saturated carbocycles. The van der Waals surface area contributed by atoms with Gasteiger partial charge in [0, 0.05) is 11.9 Å². The first kappa shape index (κ1) is 20.8. The van der Waals surface area contributed by atoms with Crippen molar-refractivity contribution >= 4 is 23.5 Å². The van der Waals surface area contributed by atoms with Crippen LogP contribution >= 0.6 is 0 Å². The van der Waals surface area contributed by atoms with E-state index in [4.69, 9.17) is 4.74 Å². The standard InChI is InChI=1S/C24H25N3O4/c1-2-31-24(30)15-8-10-18(11-9-15)27-23(29)21-17-7-6-16(13-17)20(21)22(28)26-14-19-5-3-4-12-25-19/h3-12,16-17,20-21H,2,13-14H2,1H3,(H,26,28)(H,27,29). The first-order chi connectivity index (χ1) is 15.1. The van der Waals surface area contributed by atoms with Crippen LogP contribution in [-0.4, -0.2) is 29.4 Å². The zero-order chi connectivity index (χ0) is 21.8. The lowest BCUT2D eigenvalue weighted by Gasteiger charge is -2.26. The van der Waals surface area contributed by atoms with Crippen LogP contribution in [-0.2, 0) is 20.9 Å². The molecule has 31 heavy (non-hydrogen) atoms. The molecule has 1 heterocycles. The van der Waals surface area contributed by atoms with Crippen molar-refractivity contribution in [1.29, 1.82) is 0 Å². The average Bonchev–Trinajstić information content (AvgIpc) is 3.41. The number of esters is 1. The highest BCUT2D eigenvalue weighted by atomic mass is 16.5. The van der Waals surface area contributed by atoms with E-state index < -0.39 is 17.8 Å². The molecule has 1 fully saturated rings. The van der Waals surface area contributed by atoms with Gasteiger partial charge in [-0.3, -0.25) is 14.6 Å². The zero-order valence-corrected chi connectivity index (χ0v) is 17.3. The summed E-state index contributed by atoms with van der Waals surface area (Å²) in [5.41, 5.74) is 1.78. The Morgan fingerprint density at radius 3 is 2.35 bits per heavy atom. The monoisotopic (exact) mass is 419 g/mol. The molecule has 1 aromatic heterocycles.